The largest absolute Gasteiger partial charge is 0.493 e. The van der Waals surface area contributed by atoms with Gasteiger partial charge in [0.1, 0.15) is 5.75 Å². The van der Waals surface area contributed by atoms with Crippen LogP contribution in [0.4, 0.5) is 0 Å². The van der Waals surface area contributed by atoms with Crippen molar-refractivity contribution in [3.05, 3.63) is 53.6 Å². The quantitative estimate of drug-likeness (QED) is 0.331. The number of carboxylic acid groups (broad SMARTS) is 1. The van der Waals surface area contributed by atoms with Crippen LogP contribution in [0.2, 0.25) is 0 Å². The van der Waals surface area contributed by atoms with Crippen molar-refractivity contribution < 1.29 is 34.0 Å². The third-order valence-corrected chi connectivity index (χ3v) is 4.30. The van der Waals surface area contributed by atoms with E-state index in [1.807, 2.05) is 25.1 Å². The number of ether oxygens (including phenoxy) is 3. The minimum atomic E-state index is -1.70. The number of benzene rings is 2. The van der Waals surface area contributed by atoms with E-state index >= 15 is 0 Å². The molecule has 8 nitrogen and oxygen atoms in total. The summed E-state index contributed by atoms with van der Waals surface area (Å²) in [5.74, 6) is -1.79. The minimum Gasteiger partial charge on any atom is -0.493 e. The first kappa shape index (κ1) is 22.2. The number of carbonyl (C=O) groups is 2. The second-order valence-corrected chi connectivity index (χ2v) is 6.45. The molecule has 0 fully saturated rings. The number of para-hydroxylation sites is 1. The highest BCUT2D eigenvalue weighted by Crippen LogP contribution is 2.28. The van der Waals surface area contributed by atoms with Crippen LogP contribution in [0.5, 0.6) is 17.2 Å². The van der Waals surface area contributed by atoms with Crippen molar-refractivity contribution in [2.45, 2.75) is 25.5 Å². The third-order valence-electron chi connectivity index (χ3n) is 4.30. The molecule has 0 radical (unpaired) electrons. The predicted octanol–water partition coefficient (Wildman–Crippen LogP) is 1.95. The van der Waals surface area contributed by atoms with E-state index in [-0.39, 0.29) is 18.3 Å². The maximum atomic E-state index is 11.3. The van der Waals surface area contributed by atoms with Gasteiger partial charge < -0.3 is 29.7 Å². The van der Waals surface area contributed by atoms with Crippen LogP contribution >= 0.6 is 0 Å². The topological polar surface area (TPSA) is 114 Å². The highest BCUT2D eigenvalue weighted by Gasteiger charge is 2.20. The Balaban J connectivity index is 1.98. The lowest BCUT2D eigenvalue weighted by Gasteiger charge is -2.19. The summed E-state index contributed by atoms with van der Waals surface area (Å²) in [6.07, 6.45) is -0.302. The number of hydrogen-bond donors (Lipinski definition) is 3. The van der Waals surface area contributed by atoms with E-state index in [0.717, 1.165) is 5.56 Å². The average molecular weight is 403 g/mol. The van der Waals surface area contributed by atoms with Crippen LogP contribution in [0, 0.1) is 0 Å². The van der Waals surface area contributed by atoms with Gasteiger partial charge in [0.2, 0.25) is 0 Å². The van der Waals surface area contributed by atoms with Gasteiger partial charge in [0.15, 0.2) is 11.5 Å². The lowest BCUT2D eigenvalue weighted by molar-refractivity contribution is -0.158. The van der Waals surface area contributed by atoms with Crippen LogP contribution in [0.3, 0.4) is 0 Å². The zero-order chi connectivity index (χ0) is 21.4. The van der Waals surface area contributed by atoms with E-state index in [4.69, 9.17) is 19.3 Å². The van der Waals surface area contributed by atoms with E-state index in [1.165, 1.54) is 6.07 Å². The summed E-state index contributed by atoms with van der Waals surface area (Å²) in [5, 5.41) is 22.4. The molecule has 2 aromatic rings. The number of esters is 1. The molecule has 0 amide bonds. The Kier molecular flexibility index (Phi) is 7.99. The van der Waals surface area contributed by atoms with Crippen molar-refractivity contribution >= 4 is 11.9 Å². The summed E-state index contributed by atoms with van der Waals surface area (Å²) >= 11 is 0. The van der Waals surface area contributed by atoms with Crippen molar-refractivity contribution in [1.29, 1.82) is 0 Å². The molecule has 0 spiro atoms. The minimum absolute atomic E-state index is 0.0155. The number of carbonyl (C=O) groups excluding carboxylic acids is 1. The van der Waals surface area contributed by atoms with Gasteiger partial charge in [0, 0.05) is 18.2 Å². The van der Waals surface area contributed by atoms with E-state index in [9.17, 15) is 14.7 Å². The maximum absolute atomic E-state index is 11.3. The second kappa shape index (κ2) is 10.4. The molecule has 2 unspecified atom stereocenters. The Morgan fingerprint density at radius 2 is 1.72 bits per heavy atom. The summed E-state index contributed by atoms with van der Waals surface area (Å²) in [6, 6.07) is 12.0. The summed E-state index contributed by atoms with van der Waals surface area (Å²) in [4.78, 5) is 22.0. The molecular formula is C21H25NO7. The molecule has 0 saturated heterocycles. The molecule has 0 aliphatic carbocycles. The van der Waals surface area contributed by atoms with Crippen LogP contribution in [-0.4, -0.2) is 49.0 Å². The van der Waals surface area contributed by atoms with Gasteiger partial charge in [-0.25, -0.2) is 9.59 Å². The first-order valence-electron chi connectivity index (χ1n) is 9.02. The van der Waals surface area contributed by atoms with E-state index in [1.54, 1.807) is 32.4 Å². The number of nitrogens with one attached hydrogen (secondary N) is 1. The number of hydrogen-bond acceptors (Lipinski definition) is 7. The van der Waals surface area contributed by atoms with Gasteiger partial charge in [-0.15, -0.1) is 0 Å². The van der Waals surface area contributed by atoms with Crippen LogP contribution in [0.1, 0.15) is 24.2 Å². The Morgan fingerprint density at radius 3 is 2.38 bits per heavy atom. The van der Waals surface area contributed by atoms with Crippen LogP contribution < -0.4 is 19.5 Å². The molecule has 3 N–H and O–H groups in total. The fraction of sp³-hybridized carbons (Fsp3) is 0.333. The van der Waals surface area contributed by atoms with Gasteiger partial charge >= 0.3 is 11.9 Å². The molecule has 0 saturated carbocycles. The Hall–Kier alpha value is -3.10. The molecule has 2 aromatic carbocycles. The standard InChI is InChI=1S/C21H25NO7/c1-13(10-14-8-9-18(27-2)19(11-14)28-3)22-12-16(23)15-6-4-5-7-17(15)29-21(26)20(24)25/h4-9,11,13,16,22-23H,10,12H2,1-3H3,(H,24,25). The number of rotatable bonds is 9. The first-order chi connectivity index (χ1) is 13.8. The molecule has 0 aliphatic rings. The molecular weight excluding hydrogens is 378 g/mol. The second-order valence-electron chi connectivity index (χ2n) is 6.45. The van der Waals surface area contributed by atoms with E-state index in [2.05, 4.69) is 5.32 Å². The summed E-state index contributed by atoms with van der Waals surface area (Å²) < 4.78 is 15.4. The molecule has 8 heteroatoms. The van der Waals surface area contributed by atoms with Crippen molar-refractivity contribution in [3.8, 4) is 17.2 Å². The Bertz CT molecular complexity index is 853. The third kappa shape index (κ3) is 6.20. The fourth-order valence-corrected chi connectivity index (χ4v) is 2.85. The van der Waals surface area contributed by atoms with Crippen LogP contribution in [0.15, 0.2) is 42.5 Å². The molecule has 0 aromatic heterocycles. The van der Waals surface area contributed by atoms with E-state index in [0.29, 0.717) is 23.5 Å². The number of methoxy groups -OCH3 is 2. The molecule has 0 aliphatic heterocycles. The normalized spacial score (nSPS) is 12.7. The number of carboxylic acids is 1. The number of aliphatic hydroxyl groups excluding tert-OH is 1. The van der Waals surface area contributed by atoms with Gasteiger partial charge in [-0.3, -0.25) is 0 Å². The van der Waals surface area contributed by atoms with Gasteiger partial charge in [0.25, 0.3) is 0 Å². The molecule has 2 atom stereocenters. The Morgan fingerprint density at radius 1 is 1.03 bits per heavy atom. The fourth-order valence-electron chi connectivity index (χ4n) is 2.85. The SMILES string of the molecule is COc1ccc(CC(C)NCC(O)c2ccccc2OC(=O)C(=O)O)cc1OC. The van der Waals surface area contributed by atoms with Crippen molar-refractivity contribution in [3.63, 3.8) is 0 Å². The monoisotopic (exact) mass is 403 g/mol. The molecule has 0 bridgehead atoms. The smallest absolute Gasteiger partial charge is 0.422 e. The lowest BCUT2D eigenvalue weighted by Crippen LogP contribution is -2.32. The average Bonchev–Trinajstić information content (AvgIpc) is 2.72. The molecule has 0 heterocycles. The highest BCUT2D eigenvalue weighted by molar-refractivity contribution is 6.29. The van der Waals surface area contributed by atoms with Crippen molar-refractivity contribution in [2.24, 2.45) is 0 Å². The predicted molar refractivity (Wildman–Crippen MR) is 105 cm³/mol. The lowest BCUT2D eigenvalue weighted by atomic mass is 10.0. The zero-order valence-electron chi connectivity index (χ0n) is 16.5. The molecule has 156 valence electrons. The van der Waals surface area contributed by atoms with Crippen molar-refractivity contribution in [2.75, 3.05) is 20.8 Å². The Labute approximate surface area is 169 Å². The maximum Gasteiger partial charge on any atom is 0.422 e. The van der Waals surface area contributed by atoms with Gasteiger partial charge in [-0.05, 0) is 37.1 Å². The number of aliphatic carboxylic acids is 1. The van der Waals surface area contributed by atoms with Crippen LogP contribution in [-0.2, 0) is 16.0 Å². The zero-order valence-corrected chi connectivity index (χ0v) is 16.5. The summed E-state index contributed by atoms with van der Waals surface area (Å²) in [7, 11) is 3.16. The molecule has 29 heavy (non-hydrogen) atoms. The van der Waals surface area contributed by atoms with Gasteiger partial charge in [-0.1, -0.05) is 24.3 Å². The van der Waals surface area contributed by atoms with Crippen molar-refractivity contribution in [1.82, 2.24) is 5.32 Å². The van der Waals surface area contributed by atoms with Gasteiger partial charge in [0.05, 0.1) is 20.3 Å². The van der Waals surface area contributed by atoms with Gasteiger partial charge in [-0.2, -0.15) is 0 Å². The summed E-state index contributed by atoms with van der Waals surface area (Å²) in [5.41, 5.74) is 1.36. The highest BCUT2D eigenvalue weighted by atomic mass is 16.6. The van der Waals surface area contributed by atoms with Crippen LogP contribution in [0.25, 0.3) is 0 Å². The summed E-state index contributed by atoms with van der Waals surface area (Å²) in [6.45, 7) is 2.16. The first-order valence-corrected chi connectivity index (χ1v) is 9.02. The molecule has 2 rings (SSSR count). The van der Waals surface area contributed by atoms with E-state index < -0.39 is 18.0 Å². The number of aliphatic hydroxyl groups is 1.